The highest BCUT2D eigenvalue weighted by atomic mass is 19.1. The number of likely N-dealkylation sites (N-methyl/N-ethyl adjacent to an activating group) is 1. The zero-order valence-corrected chi connectivity index (χ0v) is 47.7. The van der Waals surface area contributed by atoms with Crippen molar-refractivity contribution in [1.82, 2.24) is 30.7 Å². The summed E-state index contributed by atoms with van der Waals surface area (Å²) in [5.41, 5.74) is 19.0. The van der Waals surface area contributed by atoms with Gasteiger partial charge in [0.05, 0.1) is 24.2 Å². The molecule has 6 aromatic carbocycles. The van der Waals surface area contributed by atoms with Gasteiger partial charge in [-0.15, -0.1) is 0 Å². The van der Waals surface area contributed by atoms with E-state index in [0.29, 0.717) is 89.3 Å². The lowest BCUT2D eigenvalue weighted by atomic mass is 9.90. The van der Waals surface area contributed by atoms with Crippen LogP contribution in [0.3, 0.4) is 0 Å². The average Bonchev–Trinajstić information content (AvgIpc) is 4.06. The van der Waals surface area contributed by atoms with Crippen molar-refractivity contribution in [2.75, 3.05) is 64.4 Å². The minimum Gasteiger partial charge on any atom is -0.351 e. The molecule has 3 heterocycles. The molecular weight excluding hydrogens is 1040 g/mol. The number of rotatable bonds is 22. The van der Waals surface area contributed by atoms with E-state index in [1.165, 1.54) is 45.5 Å². The van der Waals surface area contributed by atoms with Crippen molar-refractivity contribution < 1.29 is 28.4 Å². The van der Waals surface area contributed by atoms with Crippen molar-refractivity contribution in [3.05, 3.63) is 215 Å². The third kappa shape index (κ3) is 17.2. The Morgan fingerprint density at radius 2 is 1.18 bits per heavy atom. The Kier molecular flexibility index (Phi) is 22.6. The van der Waals surface area contributed by atoms with E-state index in [4.69, 9.17) is 11.5 Å². The van der Waals surface area contributed by atoms with Gasteiger partial charge in [-0.05, 0) is 136 Å². The Bertz CT molecular complexity index is 3020. The summed E-state index contributed by atoms with van der Waals surface area (Å²) >= 11 is 0. The van der Waals surface area contributed by atoms with Crippen molar-refractivity contribution in [1.29, 1.82) is 0 Å². The molecule has 83 heavy (non-hydrogen) atoms. The highest BCUT2D eigenvalue weighted by Crippen LogP contribution is 2.30. The monoisotopic (exact) mass is 1120 g/mol. The van der Waals surface area contributed by atoms with Gasteiger partial charge in [-0.1, -0.05) is 133 Å². The second-order valence-corrected chi connectivity index (χ2v) is 21.6. The summed E-state index contributed by atoms with van der Waals surface area (Å²) in [5.74, 6) is -0.546. The fourth-order valence-corrected chi connectivity index (χ4v) is 11.1. The summed E-state index contributed by atoms with van der Waals surface area (Å²) in [5, 5.41) is 15.2. The lowest BCUT2D eigenvalue weighted by Crippen LogP contribution is -2.50. The number of hydrazone groups is 1. The summed E-state index contributed by atoms with van der Waals surface area (Å²) in [6, 6.07) is 53.3. The van der Waals surface area contributed by atoms with Crippen molar-refractivity contribution in [2.45, 2.75) is 87.9 Å². The molecule has 2 fully saturated rings. The molecule has 434 valence electrons. The van der Waals surface area contributed by atoms with Gasteiger partial charge >= 0.3 is 0 Å². The van der Waals surface area contributed by atoms with Crippen LogP contribution in [0, 0.1) is 5.82 Å². The molecule has 0 unspecified atom stereocenters. The predicted octanol–water partition coefficient (Wildman–Crippen LogP) is 8.09. The molecule has 9 rings (SSSR count). The molecule has 16 heteroatoms. The van der Waals surface area contributed by atoms with Gasteiger partial charge in [0.1, 0.15) is 5.82 Å². The molecule has 6 aromatic rings. The Morgan fingerprint density at radius 3 is 1.70 bits per heavy atom. The Labute approximate surface area is 488 Å². The Balaban J connectivity index is 0.000000217. The lowest BCUT2D eigenvalue weighted by molar-refractivity contribution is -0.136. The number of nitrogens with zero attached hydrogens (tertiary/aromatic N) is 5. The number of halogens is 1. The molecule has 0 aliphatic carbocycles. The van der Waals surface area contributed by atoms with Gasteiger partial charge in [0.25, 0.3) is 11.8 Å². The highest BCUT2D eigenvalue weighted by Gasteiger charge is 2.37. The number of hydrogen-bond donors (Lipinski definition) is 5. The van der Waals surface area contributed by atoms with E-state index in [1.54, 1.807) is 42.5 Å². The molecule has 0 spiro atoms. The number of carbonyl (C=O) groups is 5. The second kappa shape index (κ2) is 30.8. The first kappa shape index (κ1) is 60.9. The van der Waals surface area contributed by atoms with E-state index in [0.717, 1.165) is 30.5 Å². The first-order chi connectivity index (χ1) is 40.4. The third-order valence-electron chi connectivity index (χ3n) is 15.8. The van der Waals surface area contributed by atoms with E-state index < -0.39 is 0 Å². The van der Waals surface area contributed by atoms with Gasteiger partial charge in [0.15, 0.2) is 0 Å². The maximum absolute atomic E-state index is 13.9. The molecule has 5 amide bonds. The van der Waals surface area contributed by atoms with Gasteiger partial charge in [0, 0.05) is 80.5 Å². The molecule has 2 saturated heterocycles. The normalized spacial score (nSPS) is 18.7. The van der Waals surface area contributed by atoms with Crippen LogP contribution in [-0.2, 0) is 19.2 Å². The maximum Gasteiger partial charge on any atom is 0.253 e. The van der Waals surface area contributed by atoms with Gasteiger partial charge in [-0.3, -0.25) is 28.9 Å². The molecule has 0 saturated carbocycles. The van der Waals surface area contributed by atoms with Crippen molar-refractivity contribution >= 4 is 47.0 Å². The minimum atomic E-state index is -0.374. The zero-order valence-electron chi connectivity index (χ0n) is 47.7. The first-order valence-electron chi connectivity index (χ1n) is 29.0. The van der Waals surface area contributed by atoms with Crippen LogP contribution in [0.2, 0.25) is 0 Å². The molecule has 0 radical (unpaired) electrons. The summed E-state index contributed by atoms with van der Waals surface area (Å²) in [6.45, 7) is 5.99. The third-order valence-corrected chi connectivity index (χ3v) is 15.8. The number of benzene rings is 6. The van der Waals surface area contributed by atoms with Gasteiger partial charge in [-0.25, -0.2) is 9.40 Å². The molecular formula is C67H79FN10O5. The molecule has 0 bridgehead atoms. The summed E-state index contributed by atoms with van der Waals surface area (Å²) in [4.78, 5) is 71.6. The zero-order chi connectivity index (χ0) is 58.5. The number of hydrogen-bond acceptors (Lipinski definition) is 10. The minimum absolute atomic E-state index is 0.00760. The average molecular weight is 1120 g/mol. The van der Waals surface area contributed by atoms with Crippen LogP contribution in [-0.4, -0.2) is 134 Å². The Morgan fingerprint density at radius 1 is 0.663 bits per heavy atom. The molecule has 3 aliphatic rings. The highest BCUT2D eigenvalue weighted by molar-refractivity contribution is 6.12. The van der Waals surface area contributed by atoms with Crippen molar-refractivity contribution in [3.8, 4) is 0 Å². The van der Waals surface area contributed by atoms with E-state index in [1.807, 2.05) is 96.6 Å². The quantitative estimate of drug-likeness (QED) is 0.0417. The lowest BCUT2D eigenvalue weighted by Gasteiger charge is -2.33. The molecule has 7 N–H and O–H groups in total. The van der Waals surface area contributed by atoms with Crippen LogP contribution in [0.1, 0.15) is 102 Å². The van der Waals surface area contributed by atoms with E-state index in [-0.39, 0.29) is 71.4 Å². The van der Waals surface area contributed by atoms with Crippen molar-refractivity contribution in [2.24, 2.45) is 16.6 Å². The predicted molar refractivity (Wildman–Crippen MR) is 327 cm³/mol. The summed E-state index contributed by atoms with van der Waals surface area (Å²) in [7, 11) is 1.97. The maximum atomic E-state index is 13.9. The van der Waals surface area contributed by atoms with Crippen LogP contribution in [0.5, 0.6) is 0 Å². The molecule has 4 atom stereocenters. The smallest absolute Gasteiger partial charge is 0.253 e. The number of nitrogens with one attached hydrogen (secondary N) is 3. The summed E-state index contributed by atoms with van der Waals surface area (Å²) < 4.78 is 13.1. The van der Waals surface area contributed by atoms with Crippen LogP contribution in [0.4, 0.5) is 10.1 Å². The topological polar surface area (TPSA) is 199 Å². The van der Waals surface area contributed by atoms with Crippen molar-refractivity contribution in [3.63, 3.8) is 0 Å². The fourth-order valence-electron chi connectivity index (χ4n) is 11.1. The number of anilines is 1. The van der Waals surface area contributed by atoms with Crippen LogP contribution in [0.15, 0.2) is 181 Å². The largest absolute Gasteiger partial charge is 0.351 e. The SMILES string of the molecule is CC1=NN(c2ccc(C(=O)NC[C@@H]3CCN(CC(c4ccccc4)c4ccccc4)C(=O)[C@H](CCCN)N3)cc2)C(=O)C1.CN1[C@H](CNC(=O)C=Cc2ccc(F)cc2)CCN(CC(c2ccccc2)c2ccccc2)C(=O)[C@@H]1CCCN. The van der Waals surface area contributed by atoms with Crippen LogP contribution >= 0.6 is 0 Å². The molecule has 15 nitrogen and oxygen atoms in total. The fraction of sp³-hybridized carbons (Fsp3) is 0.343. The summed E-state index contributed by atoms with van der Waals surface area (Å²) in [6.07, 6.45) is 7.64. The van der Waals surface area contributed by atoms with Crippen LogP contribution < -0.4 is 32.4 Å². The number of nitrogens with two attached hydrogens (primary N) is 2. The van der Waals surface area contributed by atoms with Crippen LogP contribution in [0.25, 0.3) is 6.08 Å². The van der Waals surface area contributed by atoms with E-state index >= 15 is 0 Å². The first-order valence-corrected chi connectivity index (χ1v) is 29.0. The van der Waals surface area contributed by atoms with Gasteiger partial charge in [-0.2, -0.15) is 5.10 Å². The second-order valence-electron chi connectivity index (χ2n) is 21.6. The van der Waals surface area contributed by atoms with Gasteiger partial charge in [0.2, 0.25) is 17.7 Å². The standard InChI is InChI=1S/C34H40N6O3.C33H39FN4O2/c1-24-21-32(41)40(38-24)29-16-14-27(15-17-29)33(42)36-22-28-18-20-39(34(43)31(37-28)13-8-19-35)23-30(25-9-4-2-5-10-25)26-11-6-3-7-12-26;1-37-29(23-36-32(39)19-16-25-14-17-28(34)18-15-25)20-22-38(33(40)31(37)13-8-21-35)24-30(26-9-4-2-5-10-26)27-11-6-3-7-12-27/h2-7,9-12,14-17,28,30-31,37H,8,13,18-23,35H2,1H3,(H,36,42);2-7,9-12,14-19,29-31H,8,13,20-24,35H2,1H3,(H,36,39)/t28-,31-;29-,31-/m00/s1. The Hall–Kier alpha value is -8.15. The number of amides is 5. The van der Waals surface area contributed by atoms with E-state index in [9.17, 15) is 28.4 Å². The molecule has 3 aliphatic heterocycles. The molecule has 0 aromatic heterocycles. The van der Waals surface area contributed by atoms with Gasteiger partial charge < -0.3 is 37.2 Å². The number of carbonyl (C=O) groups excluding carboxylic acids is 5. The van der Waals surface area contributed by atoms with E-state index in [2.05, 4.69) is 74.5 Å².